The molecule has 9 heteroatoms. The van der Waals surface area contributed by atoms with Crippen molar-refractivity contribution in [1.82, 2.24) is 9.97 Å². The number of anilines is 3. The number of rotatable bonds is 10. The lowest BCUT2D eigenvalue weighted by atomic mass is 10.0. The summed E-state index contributed by atoms with van der Waals surface area (Å²) in [6, 6.07) is 14.8. The number of methoxy groups -OCH3 is 2. The van der Waals surface area contributed by atoms with E-state index in [1.807, 2.05) is 38.1 Å². The second kappa shape index (κ2) is 11.5. The molecule has 0 aliphatic heterocycles. The van der Waals surface area contributed by atoms with E-state index < -0.39 is 6.04 Å². The molecule has 1 atom stereocenters. The Balaban J connectivity index is 1.92. The van der Waals surface area contributed by atoms with Crippen molar-refractivity contribution < 1.29 is 18.7 Å². The summed E-state index contributed by atoms with van der Waals surface area (Å²) in [7, 11) is 2.97. The summed E-state index contributed by atoms with van der Waals surface area (Å²) in [6.45, 7) is 4.04. The molecule has 1 aromatic heterocycles. The number of carbonyl (C=O) groups is 1. The van der Waals surface area contributed by atoms with Crippen LogP contribution < -0.4 is 15.4 Å². The second-order valence-electron chi connectivity index (χ2n) is 7.68. The molecule has 1 heterocycles. The van der Waals surface area contributed by atoms with Crippen LogP contribution in [-0.2, 0) is 9.53 Å². The largest absolute Gasteiger partial charge is 0.497 e. The van der Waals surface area contributed by atoms with Crippen LogP contribution in [0.15, 0.2) is 64.5 Å². The Morgan fingerprint density at radius 3 is 2.48 bits per heavy atom. The summed E-state index contributed by atoms with van der Waals surface area (Å²) in [4.78, 5) is 22.3. The van der Waals surface area contributed by atoms with Crippen LogP contribution in [0.3, 0.4) is 0 Å². The predicted molar refractivity (Wildman–Crippen MR) is 128 cm³/mol. The number of hydrogen-bond acceptors (Lipinski definition) is 8. The molecule has 3 rings (SSSR count). The zero-order valence-corrected chi connectivity index (χ0v) is 19.8. The first-order valence-corrected chi connectivity index (χ1v) is 11.3. The topological polar surface area (TPSA) is 85.4 Å². The van der Waals surface area contributed by atoms with Gasteiger partial charge in [-0.3, -0.25) is 0 Å². The number of esters is 1. The quantitative estimate of drug-likeness (QED) is 0.296. The van der Waals surface area contributed by atoms with E-state index in [4.69, 9.17) is 9.47 Å². The van der Waals surface area contributed by atoms with Crippen LogP contribution in [0.1, 0.15) is 20.3 Å². The molecule has 33 heavy (non-hydrogen) atoms. The first kappa shape index (κ1) is 24.3. The molecule has 0 radical (unpaired) electrons. The normalized spacial score (nSPS) is 11.7. The molecular formula is C24H27FN4O3S. The number of hydrogen-bond donors (Lipinski definition) is 2. The third-order valence-electron chi connectivity index (χ3n) is 4.58. The molecule has 0 saturated heterocycles. The van der Waals surface area contributed by atoms with Gasteiger partial charge < -0.3 is 20.1 Å². The van der Waals surface area contributed by atoms with Gasteiger partial charge >= 0.3 is 5.97 Å². The smallest absolute Gasteiger partial charge is 0.328 e. The summed E-state index contributed by atoms with van der Waals surface area (Å²) in [5.74, 6) is 0.990. The fraction of sp³-hybridized carbons (Fsp3) is 0.292. The van der Waals surface area contributed by atoms with Gasteiger partial charge in [-0.2, -0.15) is 4.98 Å². The van der Waals surface area contributed by atoms with Crippen LogP contribution >= 0.6 is 11.8 Å². The molecule has 0 aliphatic rings. The van der Waals surface area contributed by atoms with Crippen molar-refractivity contribution in [2.75, 3.05) is 24.9 Å². The molecule has 0 spiro atoms. The predicted octanol–water partition coefficient (Wildman–Crippen LogP) is 5.52. The molecule has 0 saturated carbocycles. The van der Waals surface area contributed by atoms with E-state index in [2.05, 4.69) is 20.6 Å². The van der Waals surface area contributed by atoms with Crippen LogP contribution in [0.5, 0.6) is 5.75 Å². The third-order valence-corrected chi connectivity index (χ3v) is 5.50. The zero-order chi connectivity index (χ0) is 23.8. The highest BCUT2D eigenvalue weighted by atomic mass is 32.2. The van der Waals surface area contributed by atoms with Gasteiger partial charge in [0.15, 0.2) is 0 Å². The van der Waals surface area contributed by atoms with Gasteiger partial charge in [-0.25, -0.2) is 14.2 Å². The minimum atomic E-state index is -0.599. The number of benzene rings is 2. The molecule has 7 nitrogen and oxygen atoms in total. The number of ether oxygens (including phenoxy) is 2. The first-order chi connectivity index (χ1) is 15.9. The maximum atomic E-state index is 13.6. The van der Waals surface area contributed by atoms with Crippen molar-refractivity contribution in [3.05, 3.63) is 60.4 Å². The van der Waals surface area contributed by atoms with Gasteiger partial charge in [0.05, 0.1) is 14.2 Å². The van der Waals surface area contributed by atoms with Crippen molar-refractivity contribution in [1.29, 1.82) is 0 Å². The monoisotopic (exact) mass is 470 g/mol. The molecule has 3 aromatic rings. The fourth-order valence-corrected chi connectivity index (χ4v) is 3.88. The molecule has 2 N–H and O–H groups in total. The van der Waals surface area contributed by atoms with Crippen LogP contribution in [-0.4, -0.2) is 36.2 Å². The Bertz CT molecular complexity index is 1080. The SMILES string of the molecule is COC(=O)[C@H](CC(C)C)Nc1nc(Nc2cccc(F)c2)cc(Sc2ccc(OC)cc2)n1. The van der Waals surface area contributed by atoms with Crippen molar-refractivity contribution in [3.8, 4) is 5.75 Å². The van der Waals surface area contributed by atoms with Crippen LogP contribution in [0.4, 0.5) is 21.8 Å². The summed E-state index contributed by atoms with van der Waals surface area (Å²) >= 11 is 1.43. The Kier molecular flexibility index (Phi) is 8.48. The molecular weight excluding hydrogens is 443 g/mol. The van der Waals surface area contributed by atoms with E-state index in [0.29, 0.717) is 23.0 Å². The lowest BCUT2D eigenvalue weighted by molar-refractivity contribution is -0.141. The van der Waals surface area contributed by atoms with Gasteiger partial charge in [0.25, 0.3) is 0 Å². The Hall–Kier alpha value is -3.33. The van der Waals surface area contributed by atoms with Gasteiger partial charge in [-0.1, -0.05) is 31.7 Å². The van der Waals surface area contributed by atoms with Gasteiger partial charge in [0.1, 0.15) is 28.5 Å². The Labute approximate surface area is 197 Å². The Morgan fingerprint density at radius 2 is 1.85 bits per heavy atom. The molecule has 174 valence electrons. The van der Waals surface area contributed by atoms with E-state index in [0.717, 1.165) is 10.6 Å². The summed E-state index contributed by atoms with van der Waals surface area (Å²) in [6.07, 6.45) is 0.554. The van der Waals surface area contributed by atoms with Crippen LogP contribution in [0.2, 0.25) is 0 Å². The molecule has 0 bridgehead atoms. The molecule has 0 unspecified atom stereocenters. The first-order valence-electron chi connectivity index (χ1n) is 10.4. The standard InChI is InChI=1S/C24H27FN4O3S/c1-15(2)12-20(23(30)32-4)27-24-28-21(26-17-7-5-6-16(25)13-17)14-22(29-24)33-19-10-8-18(31-3)9-11-19/h5-11,13-15,20H,12H2,1-4H3,(H2,26,27,28,29)/t20-/m0/s1. The van der Waals surface area contributed by atoms with E-state index in [-0.39, 0.29) is 23.7 Å². The van der Waals surface area contributed by atoms with E-state index >= 15 is 0 Å². The fourth-order valence-electron chi connectivity index (χ4n) is 3.07. The van der Waals surface area contributed by atoms with Crippen molar-refractivity contribution in [2.24, 2.45) is 5.92 Å². The molecule has 0 amide bonds. The highest BCUT2D eigenvalue weighted by molar-refractivity contribution is 7.99. The second-order valence-corrected chi connectivity index (χ2v) is 8.77. The maximum Gasteiger partial charge on any atom is 0.328 e. The summed E-state index contributed by atoms with van der Waals surface area (Å²) in [5, 5.41) is 6.85. The van der Waals surface area contributed by atoms with E-state index in [9.17, 15) is 9.18 Å². The van der Waals surface area contributed by atoms with E-state index in [1.54, 1.807) is 25.3 Å². The van der Waals surface area contributed by atoms with Crippen molar-refractivity contribution >= 4 is 35.2 Å². The zero-order valence-electron chi connectivity index (χ0n) is 19.0. The average molecular weight is 471 g/mol. The lowest BCUT2D eigenvalue weighted by Gasteiger charge is -2.19. The highest BCUT2D eigenvalue weighted by Crippen LogP contribution is 2.30. The summed E-state index contributed by atoms with van der Waals surface area (Å²) < 4.78 is 23.8. The lowest BCUT2D eigenvalue weighted by Crippen LogP contribution is -2.32. The van der Waals surface area contributed by atoms with Crippen molar-refractivity contribution in [2.45, 2.75) is 36.2 Å². The van der Waals surface area contributed by atoms with Crippen LogP contribution in [0.25, 0.3) is 0 Å². The summed E-state index contributed by atoms with van der Waals surface area (Å²) in [5.41, 5.74) is 0.548. The maximum absolute atomic E-state index is 13.6. The number of nitrogens with one attached hydrogen (secondary N) is 2. The van der Waals surface area contributed by atoms with Gasteiger partial charge in [0.2, 0.25) is 5.95 Å². The molecule has 2 aromatic carbocycles. The Morgan fingerprint density at radius 1 is 1.09 bits per heavy atom. The number of nitrogens with zero attached hydrogens (tertiary/aromatic N) is 2. The molecule has 0 aliphatic carbocycles. The minimum absolute atomic E-state index is 0.253. The third kappa shape index (κ3) is 7.35. The highest BCUT2D eigenvalue weighted by Gasteiger charge is 2.22. The van der Waals surface area contributed by atoms with Gasteiger partial charge in [-0.15, -0.1) is 0 Å². The van der Waals surface area contributed by atoms with E-state index in [1.165, 1.54) is 31.0 Å². The molecule has 0 fully saturated rings. The minimum Gasteiger partial charge on any atom is -0.497 e. The number of halogens is 1. The number of carbonyl (C=O) groups excluding carboxylic acids is 1. The average Bonchev–Trinajstić information content (AvgIpc) is 2.78. The van der Waals surface area contributed by atoms with Crippen LogP contribution in [0, 0.1) is 11.7 Å². The number of aromatic nitrogens is 2. The van der Waals surface area contributed by atoms with Gasteiger partial charge in [0, 0.05) is 16.6 Å². The van der Waals surface area contributed by atoms with Crippen molar-refractivity contribution in [3.63, 3.8) is 0 Å². The van der Waals surface area contributed by atoms with Gasteiger partial charge in [-0.05, 0) is 54.8 Å².